The van der Waals surface area contributed by atoms with E-state index >= 15 is 0 Å². The average Bonchev–Trinajstić information content (AvgIpc) is 2.35. The van der Waals surface area contributed by atoms with E-state index in [1.807, 2.05) is 6.92 Å². The van der Waals surface area contributed by atoms with E-state index < -0.39 is 23.6 Å². The Morgan fingerprint density at radius 1 is 1.32 bits per heavy atom. The highest BCUT2D eigenvalue weighted by atomic mass is 32.1. The van der Waals surface area contributed by atoms with Crippen molar-refractivity contribution in [2.45, 2.75) is 25.8 Å². The van der Waals surface area contributed by atoms with Crippen LogP contribution in [0.15, 0.2) is 0 Å². The van der Waals surface area contributed by atoms with Crippen LogP contribution in [0, 0.1) is 5.92 Å². The van der Waals surface area contributed by atoms with Gasteiger partial charge in [-0.15, -0.1) is 0 Å². The monoisotopic (exact) mass is 286 g/mol. The molecule has 7 nitrogen and oxygen atoms in total. The lowest BCUT2D eigenvalue weighted by Gasteiger charge is -2.36. The van der Waals surface area contributed by atoms with Crippen molar-refractivity contribution < 1.29 is 14.4 Å². The number of nitrogens with zero attached hydrogens (tertiary/aromatic N) is 1. The summed E-state index contributed by atoms with van der Waals surface area (Å²) in [5.74, 6) is -2.31. The van der Waals surface area contributed by atoms with Crippen molar-refractivity contribution in [3.63, 3.8) is 0 Å². The summed E-state index contributed by atoms with van der Waals surface area (Å²) in [5.41, 5.74) is 10.5. The third-order valence-electron chi connectivity index (χ3n) is 3.16. The number of rotatable bonds is 3. The Morgan fingerprint density at radius 2 is 1.95 bits per heavy atom. The van der Waals surface area contributed by atoms with Gasteiger partial charge in [0.1, 0.15) is 0 Å². The van der Waals surface area contributed by atoms with E-state index in [1.54, 1.807) is 0 Å². The molecule has 2 atom stereocenters. The molecule has 1 aliphatic rings. The summed E-state index contributed by atoms with van der Waals surface area (Å²) in [6.07, 6.45) is 1.27. The van der Waals surface area contributed by atoms with Crippen LogP contribution in [-0.2, 0) is 14.4 Å². The smallest absolute Gasteiger partial charge is 0.312 e. The SMILES string of the molecule is CC1CCC(C(N)=O)CN1C(=O)C(=O)NCC(N)=S. The van der Waals surface area contributed by atoms with Gasteiger partial charge in [-0.2, -0.15) is 0 Å². The number of primary amides is 1. The predicted molar refractivity (Wildman–Crippen MR) is 72.9 cm³/mol. The van der Waals surface area contributed by atoms with Crippen LogP contribution in [0.5, 0.6) is 0 Å². The van der Waals surface area contributed by atoms with E-state index in [-0.39, 0.29) is 24.1 Å². The lowest BCUT2D eigenvalue weighted by Crippen LogP contribution is -2.53. The molecule has 0 saturated carbocycles. The molecule has 1 heterocycles. The second-order valence-corrected chi connectivity index (χ2v) is 5.16. The minimum absolute atomic E-state index is 0.0264. The molecule has 5 N–H and O–H groups in total. The molecule has 8 heteroatoms. The summed E-state index contributed by atoms with van der Waals surface area (Å²) >= 11 is 4.61. The number of thiocarbonyl (C=S) groups is 1. The fourth-order valence-electron chi connectivity index (χ4n) is 2.00. The molecule has 1 saturated heterocycles. The molecule has 1 aliphatic heterocycles. The Kier molecular flexibility index (Phi) is 5.22. The van der Waals surface area contributed by atoms with Crippen LogP contribution in [-0.4, -0.2) is 46.7 Å². The number of carbonyl (C=O) groups is 3. The molecule has 2 unspecified atom stereocenters. The van der Waals surface area contributed by atoms with E-state index in [4.69, 9.17) is 11.5 Å². The third kappa shape index (κ3) is 4.16. The molecule has 0 aromatic carbocycles. The topological polar surface area (TPSA) is 119 Å². The van der Waals surface area contributed by atoms with Crippen LogP contribution in [0.3, 0.4) is 0 Å². The van der Waals surface area contributed by atoms with Gasteiger partial charge in [0.15, 0.2) is 0 Å². The number of piperidine rings is 1. The second kappa shape index (κ2) is 6.46. The molecule has 0 spiro atoms. The fraction of sp³-hybridized carbons (Fsp3) is 0.636. The van der Waals surface area contributed by atoms with Gasteiger partial charge < -0.3 is 21.7 Å². The molecule has 0 aliphatic carbocycles. The van der Waals surface area contributed by atoms with Crippen molar-refractivity contribution in [3.8, 4) is 0 Å². The molecule has 19 heavy (non-hydrogen) atoms. The molecule has 0 aromatic rings. The summed E-state index contributed by atoms with van der Waals surface area (Å²) in [4.78, 5) is 36.2. The minimum atomic E-state index is -0.773. The zero-order valence-corrected chi connectivity index (χ0v) is 11.5. The van der Waals surface area contributed by atoms with Gasteiger partial charge >= 0.3 is 11.8 Å². The summed E-state index contributed by atoms with van der Waals surface area (Å²) in [7, 11) is 0. The van der Waals surface area contributed by atoms with Crippen LogP contribution >= 0.6 is 12.2 Å². The lowest BCUT2D eigenvalue weighted by atomic mass is 9.93. The summed E-state index contributed by atoms with van der Waals surface area (Å²) < 4.78 is 0. The van der Waals surface area contributed by atoms with Crippen LogP contribution in [0.4, 0.5) is 0 Å². The highest BCUT2D eigenvalue weighted by molar-refractivity contribution is 7.80. The fourth-order valence-corrected chi connectivity index (χ4v) is 2.07. The Morgan fingerprint density at radius 3 is 2.47 bits per heavy atom. The minimum Gasteiger partial charge on any atom is -0.392 e. The molecule has 106 valence electrons. The number of carbonyl (C=O) groups excluding carboxylic acids is 3. The second-order valence-electron chi connectivity index (χ2n) is 4.63. The van der Waals surface area contributed by atoms with Crippen molar-refractivity contribution >= 4 is 34.9 Å². The number of amides is 3. The van der Waals surface area contributed by atoms with Crippen molar-refractivity contribution in [1.82, 2.24) is 10.2 Å². The van der Waals surface area contributed by atoms with E-state index in [1.165, 1.54) is 4.90 Å². The van der Waals surface area contributed by atoms with Gasteiger partial charge in [0.2, 0.25) is 5.91 Å². The number of nitrogens with two attached hydrogens (primary N) is 2. The van der Waals surface area contributed by atoms with Crippen LogP contribution in [0.2, 0.25) is 0 Å². The van der Waals surface area contributed by atoms with Gasteiger partial charge in [-0.25, -0.2) is 0 Å². The quantitative estimate of drug-likeness (QED) is 0.431. The Labute approximate surface area is 116 Å². The Balaban J connectivity index is 2.65. The molecule has 0 bridgehead atoms. The number of likely N-dealkylation sites (tertiary alicyclic amines) is 1. The van der Waals surface area contributed by atoms with Gasteiger partial charge in [-0.05, 0) is 19.8 Å². The normalized spacial score (nSPS) is 22.7. The number of hydrogen-bond donors (Lipinski definition) is 3. The van der Waals surface area contributed by atoms with Crippen molar-refractivity contribution in [1.29, 1.82) is 0 Å². The molecular formula is C11H18N4O3S. The maximum atomic E-state index is 12.0. The summed E-state index contributed by atoms with van der Waals surface area (Å²) in [5, 5.41) is 2.33. The van der Waals surface area contributed by atoms with Crippen LogP contribution < -0.4 is 16.8 Å². The van der Waals surface area contributed by atoms with Gasteiger partial charge in [0, 0.05) is 12.6 Å². The van der Waals surface area contributed by atoms with Gasteiger partial charge in [-0.1, -0.05) is 12.2 Å². The van der Waals surface area contributed by atoms with Crippen LogP contribution in [0.1, 0.15) is 19.8 Å². The zero-order valence-electron chi connectivity index (χ0n) is 10.7. The highest BCUT2D eigenvalue weighted by Gasteiger charge is 2.34. The van der Waals surface area contributed by atoms with Gasteiger partial charge in [0.25, 0.3) is 0 Å². The van der Waals surface area contributed by atoms with Gasteiger partial charge in [-0.3, -0.25) is 14.4 Å². The first kappa shape index (κ1) is 15.4. The number of nitrogens with one attached hydrogen (secondary N) is 1. The number of hydrogen-bond acceptors (Lipinski definition) is 4. The predicted octanol–water partition coefficient (Wildman–Crippen LogP) is -1.50. The van der Waals surface area contributed by atoms with Gasteiger partial charge in [0.05, 0.1) is 17.5 Å². The highest BCUT2D eigenvalue weighted by Crippen LogP contribution is 2.21. The van der Waals surface area contributed by atoms with E-state index in [0.717, 1.165) is 0 Å². The molecule has 3 amide bonds. The first-order valence-electron chi connectivity index (χ1n) is 5.99. The van der Waals surface area contributed by atoms with E-state index in [9.17, 15) is 14.4 Å². The molecule has 0 radical (unpaired) electrons. The molecule has 0 aromatic heterocycles. The standard InChI is InChI=1S/C11H18N4O3S/c1-6-2-3-7(9(13)16)5-15(6)11(18)10(17)14-4-8(12)19/h6-7H,2-5H2,1H3,(H2,12,19)(H2,13,16)(H,14,17). The third-order valence-corrected chi connectivity index (χ3v) is 3.31. The first-order valence-corrected chi connectivity index (χ1v) is 6.40. The summed E-state index contributed by atoms with van der Waals surface area (Å²) in [6, 6.07) is -0.0984. The average molecular weight is 286 g/mol. The summed E-state index contributed by atoms with van der Waals surface area (Å²) in [6.45, 7) is 1.98. The largest absolute Gasteiger partial charge is 0.392 e. The van der Waals surface area contributed by atoms with Crippen molar-refractivity contribution in [2.24, 2.45) is 17.4 Å². The lowest BCUT2D eigenvalue weighted by molar-refractivity contribution is -0.149. The first-order chi connectivity index (χ1) is 8.82. The zero-order chi connectivity index (χ0) is 14.6. The van der Waals surface area contributed by atoms with Crippen LogP contribution in [0.25, 0.3) is 0 Å². The van der Waals surface area contributed by atoms with E-state index in [0.29, 0.717) is 12.8 Å². The maximum Gasteiger partial charge on any atom is 0.312 e. The van der Waals surface area contributed by atoms with Crippen molar-refractivity contribution in [3.05, 3.63) is 0 Å². The maximum absolute atomic E-state index is 12.0. The molecule has 1 fully saturated rings. The Bertz CT molecular complexity index is 413. The molecular weight excluding hydrogens is 268 g/mol. The van der Waals surface area contributed by atoms with E-state index in [2.05, 4.69) is 17.5 Å². The van der Waals surface area contributed by atoms with Crippen molar-refractivity contribution in [2.75, 3.05) is 13.1 Å². The Hall–Kier alpha value is -1.70. The molecule has 1 rings (SSSR count).